The third kappa shape index (κ3) is 4.48. The summed E-state index contributed by atoms with van der Waals surface area (Å²) in [5.41, 5.74) is 2.33. The van der Waals surface area contributed by atoms with Crippen LogP contribution in [0.25, 0.3) is 16.5 Å². The van der Waals surface area contributed by atoms with Gasteiger partial charge in [0, 0.05) is 35.3 Å². The fourth-order valence-electron chi connectivity index (χ4n) is 4.69. The average Bonchev–Trinajstić information content (AvgIpc) is 3.23. The molecule has 3 heterocycles. The van der Waals surface area contributed by atoms with E-state index in [1.165, 1.54) is 0 Å². The minimum Gasteiger partial charge on any atom is -0.383 e. The Morgan fingerprint density at radius 3 is 2.85 bits per heavy atom. The Labute approximate surface area is 206 Å². The number of fused-ring (bicyclic) bond motifs is 1. The van der Waals surface area contributed by atoms with Crippen LogP contribution in [-0.2, 0) is 16.8 Å². The second-order valence-electron chi connectivity index (χ2n) is 8.94. The molecule has 1 N–H and O–H groups in total. The number of carbonyl (C=O) groups excluding carboxylic acids is 1. The van der Waals surface area contributed by atoms with Crippen LogP contribution in [0.2, 0.25) is 0 Å². The second-order valence-corrected chi connectivity index (χ2v) is 9.86. The van der Waals surface area contributed by atoms with Gasteiger partial charge >= 0.3 is 0 Å². The molecule has 1 unspecified atom stereocenters. The van der Waals surface area contributed by atoms with Gasteiger partial charge in [-0.25, -0.2) is 4.68 Å². The number of hydrogen-bond acceptors (Lipinski definition) is 5. The highest BCUT2D eigenvalue weighted by Gasteiger charge is 2.36. The molecule has 8 heteroatoms. The number of halogens is 1. The Morgan fingerprint density at radius 1 is 1.15 bits per heavy atom. The Kier molecular flexibility index (Phi) is 6.18. The van der Waals surface area contributed by atoms with Crippen molar-refractivity contribution in [2.75, 3.05) is 13.1 Å². The Bertz CT molecular complexity index is 1350. The predicted molar refractivity (Wildman–Crippen MR) is 134 cm³/mol. The number of amides is 1. The summed E-state index contributed by atoms with van der Waals surface area (Å²) in [5, 5.41) is 22.1. The first-order chi connectivity index (χ1) is 16.4. The van der Waals surface area contributed by atoms with Crippen LogP contribution >= 0.6 is 15.9 Å². The predicted octanol–water partition coefficient (Wildman–Crippen LogP) is 4.33. The van der Waals surface area contributed by atoms with Crippen molar-refractivity contribution in [2.45, 2.75) is 38.2 Å². The van der Waals surface area contributed by atoms with Crippen LogP contribution in [0, 0.1) is 6.92 Å². The molecule has 5 rings (SSSR count). The summed E-state index contributed by atoms with van der Waals surface area (Å²) in [6.07, 6.45) is 7.34. The minimum atomic E-state index is -1.11. The van der Waals surface area contributed by atoms with Gasteiger partial charge in [0.15, 0.2) is 0 Å². The van der Waals surface area contributed by atoms with Crippen LogP contribution in [-0.4, -0.2) is 49.0 Å². The van der Waals surface area contributed by atoms with Gasteiger partial charge in [-0.05, 0) is 60.9 Å². The molecule has 1 saturated heterocycles. The number of hydrogen-bond donors (Lipinski definition) is 1. The van der Waals surface area contributed by atoms with E-state index in [9.17, 15) is 9.90 Å². The topological polar surface area (TPSA) is 84.1 Å². The van der Waals surface area contributed by atoms with Gasteiger partial charge in [0.25, 0.3) is 0 Å². The van der Waals surface area contributed by atoms with Gasteiger partial charge in [-0.2, -0.15) is 0 Å². The third-order valence-electron chi connectivity index (χ3n) is 6.63. The van der Waals surface area contributed by atoms with Crippen molar-refractivity contribution in [3.05, 3.63) is 82.3 Å². The quantitative estimate of drug-likeness (QED) is 0.433. The van der Waals surface area contributed by atoms with Crippen molar-refractivity contribution in [2.24, 2.45) is 0 Å². The molecule has 1 aliphatic heterocycles. The molecule has 0 spiro atoms. The number of carbonyl (C=O) groups is 1. The van der Waals surface area contributed by atoms with E-state index in [1.54, 1.807) is 17.1 Å². The molecule has 34 heavy (non-hydrogen) atoms. The fourth-order valence-corrected chi connectivity index (χ4v) is 5.17. The van der Waals surface area contributed by atoms with Crippen molar-refractivity contribution >= 4 is 32.6 Å². The van der Waals surface area contributed by atoms with Crippen molar-refractivity contribution in [1.29, 1.82) is 0 Å². The lowest BCUT2D eigenvalue weighted by atomic mass is 9.92. The van der Waals surface area contributed by atoms with Gasteiger partial charge in [0.1, 0.15) is 11.3 Å². The number of likely N-dealkylation sites (tertiary alicyclic amines) is 1. The average molecular weight is 520 g/mol. The SMILES string of the molecule is Cc1cc(Br)ccc1-n1cc(C2(O)CCCN(C(=O)Cc3cncc4ccccc34)CC2)nn1. The summed E-state index contributed by atoms with van der Waals surface area (Å²) in [5.74, 6) is 0.0524. The molecule has 1 aliphatic rings. The van der Waals surface area contributed by atoms with Crippen LogP contribution in [0.4, 0.5) is 0 Å². The Morgan fingerprint density at radius 2 is 2.00 bits per heavy atom. The number of aryl methyl sites for hydroxylation is 1. The normalized spacial score (nSPS) is 18.7. The summed E-state index contributed by atoms with van der Waals surface area (Å²) < 4.78 is 2.71. The molecule has 7 nitrogen and oxygen atoms in total. The molecule has 0 aliphatic carbocycles. The minimum absolute atomic E-state index is 0.0524. The van der Waals surface area contributed by atoms with E-state index in [0.29, 0.717) is 44.5 Å². The van der Waals surface area contributed by atoms with E-state index < -0.39 is 5.60 Å². The van der Waals surface area contributed by atoms with E-state index in [0.717, 1.165) is 32.1 Å². The summed E-state index contributed by atoms with van der Waals surface area (Å²) in [7, 11) is 0. The number of aliphatic hydroxyl groups is 1. The number of nitrogens with zero attached hydrogens (tertiary/aromatic N) is 5. The fraction of sp³-hybridized carbons (Fsp3) is 0.308. The van der Waals surface area contributed by atoms with Gasteiger partial charge in [-0.15, -0.1) is 5.10 Å². The lowest BCUT2D eigenvalue weighted by Crippen LogP contribution is -2.34. The smallest absolute Gasteiger partial charge is 0.227 e. The zero-order chi connectivity index (χ0) is 23.7. The largest absolute Gasteiger partial charge is 0.383 e. The maximum Gasteiger partial charge on any atom is 0.227 e. The molecule has 2 aromatic heterocycles. The number of aromatic nitrogens is 4. The molecule has 1 amide bonds. The summed E-state index contributed by atoms with van der Waals surface area (Å²) in [4.78, 5) is 19.3. The molecular weight excluding hydrogens is 494 g/mol. The van der Waals surface area contributed by atoms with Gasteiger partial charge < -0.3 is 10.0 Å². The summed E-state index contributed by atoms with van der Waals surface area (Å²) in [6.45, 7) is 3.09. The molecule has 1 atom stereocenters. The third-order valence-corrected chi connectivity index (χ3v) is 7.13. The number of pyridine rings is 1. The molecule has 0 radical (unpaired) electrons. The Hall–Kier alpha value is -3.10. The van der Waals surface area contributed by atoms with Gasteiger partial charge in [-0.3, -0.25) is 9.78 Å². The summed E-state index contributed by atoms with van der Waals surface area (Å²) >= 11 is 3.48. The van der Waals surface area contributed by atoms with E-state index in [1.807, 2.05) is 60.5 Å². The van der Waals surface area contributed by atoms with Crippen LogP contribution in [0.3, 0.4) is 0 Å². The standard InChI is InChI=1S/C26H26BrN5O2/c1-18-13-21(27)7-8-23(18)32-17-24(29-30-32)26(34)9-4-11-31(12-10-26)25(33)14-20-16-28-15-19-5-2-3-6-22(19)20/h2-3,5-8,13,15-17,34H,4,9-12,14H2,1H3. The maximum atomic E-state index is 13.1. The summed E-state index contributed by atoms with van der Waals surface area (Å²) in [6, 6.07) is 13.9. The van der Waals surface area contributed by atoms with Crippen LogP contribution in [0.1, 0.15) is 36.1 Å². The first kappa shape index (κ1) is 22.7. The van der Waals surface area contributed by atoms with Crippen molar-refractivity contribution in [3.8, 4) is 5.69 Å². The maximum absolute atomic E-state index is 13.1. The zero-order valence-corrected chi connectivity index (χ0v) is 20.6. The van der Waals surface area contributed by atoms with Gasteiger partial charge in [0.05, 0.1) is 18.3 Å². The van der Waals surface area contributed by atoms with E-state index in [4.69, 9.17) is 0 Å². The second kappa shape index (κ2) is 9.27. The van der Waals surface area contributed by atoms with Crippen LogP contribution in [0.5, 0.6) is 0 Å². The van der Waals surface area contributed by atoms with Crippen LogP contribution in [0.15, 0.2) is 65.5 Å². The zero-order valence-electron chi connectivity index (χ0n) is 19.0. The highest BCUT2D eigenvalue weighted by atomic mass is 79.9. The highest BCUT2D eigenvalue weighted by molar-refractivity contribution is 9.10. The number of rotatable bonds is 4. The van der Waals surface area contributed by atoms with E-state index in [-0.39, 0.29) is 5.91 Å². The molecule has 174 valence electrons. The molecule has 2 aromatic carbocycles. The van der Waals surface area contributed by atoms with Crippen molar-refractivity contribution in [1.82, 2.24) is 24.9 Å². The highest BCUT2D eigenvalue weighted by Crippen LogP contribution is 2.32. The van der Waals surface area contributed by atoms with Crippen LogP contribution < -0.4 is 0 Å². The van der Waals surface area contributed by atoms with E-state index >= 15 is 0 Å². The first-order valence-electron chi connectivity index (χ1n) is 11.4. The van der Waals surface area contributed by atoms with Crippen molar-refractivity contribution < 1.29 is 9.90 Å². The first-order valence-corrected chi connectivity index (χ1v) is 12.2. The van der Waals surface area contributed by atoms with Crippen molar-refractivity contribution in [3.63, 3.8) is 0 Å². The lowest BCUT2D eigenvalue weighted by molar-refractivity contribution is -0.130. The molecule has 4 aromatic rings. The number of benzene rings is 2. The molecule has 0 saturated carbocycles. The monoisotopic (exact) mass is 519 g/mol. The van der Waals surface area contributed by atoms with E-state index in [2.05, 4.69) is 31.2 Å². The lowest BCUT2D eigenvalue weighted by Gasteiger charge is -2.24. The molecule has 0 bridgehead atoms. The van der Waals surface area contributed by atoms with Gasteiger partial charge in [0.2, 0.25) is 5.91 Å². The Balaban J connectivity index is 1.30. The van der Waals surface area contributed by atoms with Gasteiger partial charge in [-0.1, -0.05) is 45.4 Å². The molecule has 1 fully saturated rings. The molecular formula is C26H26BrN5O2.